The lowest BCUT2D eigenvalue weighted by atomic mass is 9.66. The van der Waals surface area contributed by atoms with E-state index in [0.29, 0.717) is 64.9 Å². The fraction of sp³-hybridized carbons (Fsp3) is 1.00. The van der Waals surface area contributed by atoms with Crippen molar-refractivity contribution in [3.63, 3.8) is 0 Å². The lowest BCUT2D eigenvalue weighted by Crippen LogP contribution is -2.53. The zero-order valence-electron chi connectivity index (χ0n) is 17.5. The molecule has 0 aromatic rings. The molecule has 0 amide bonds. The minimum Gasteiger partial charge on any atom is -0.377 e. The maximum Gasteiger partial charge on any atom is 0.147 e. The third-order valence-corrected chi connectivity index (χ3v) is 6.61. The highest BCUT2D eigenvalue weighted by Gasteiger charge is 2.47. The summed E-state index contributed by atoms with van der Waals surface area (Å²) >= 11 is 0. The molecule has 28 heavy (non-hydrogen) atoms. The van der Waals surface area contributed by atoms with Crippen LogP contribution in [-0.2, 0) is 28.4 Å². The molecule has 2 saturated carbocycles. The molecule has 6 heteroatoms. The maximum atomic E-state index is 6.64. The Morgan fingerprint density at radius 3 is 1.50 bits per heavy atom. The van der Waals surface area contributed by atoms with Gasteiger partial charge in [0.2, 0.25) is 0 Å². The summed E-state index contributed by atoms with van der Waals surface area (Å²) in [7, 11) is 0. The van der Waals surface area contributed by atoms with Crippen LogP contribution in [0.25, 0.3) is 0 Å². The minimum absolute atomic E-state index is 0.227. The number of ether oxygens (including phenoxy) is 6. The average molecular weight is 401 g/mol. The van der Waals surface area contributed by atoms with Gasteiger partial charge in [0.1, 0.15) is 13.6 Å². The molecule has 0 aromatic heterocycles. The molecule has 3 fully saturated rings. The smallest absolute Gasteiger partial charge is 0.147 e. The summed E-state index contributed by atoms with van der Waals surface area (Å²) in [5.41, 5.74) is -0.227. The summed E-state index contributed by atoms with van der Waals surface area (Å²) in [6.07, 6.45) is 12.9. The van der Waals surface area contributed by atoms with E-state index in [1.165, 1.54) is 64.2 Å². The fourth-order valence-electron chi connectivity index (χ4n) is 5.10. The van der Waals surface area contributed by atoms with Crippen LogP contribution in [0.3, 0.4) is 0 Å². The van der Waals surface area contributed by atoms with Gasteiger partial charge < -0.3 is 28.4 Å². The van der Waals surface area contributed by atoms with Gasteiger partial charge in [0.15, 0.2) is 0 Å². The number of rotatable bonds is 2. The van der Waals surface area contributed by atoms with E-state index in [-0.39, 0.29) is 12.4 Å². The highest BCUT2D eigenvalue weighted by atomic mass is 16.7. The fourth-order valence-corrected chi connectivity index (χ4v) is 5.10. The first kappa shape index (κ1) is 22.4. The van der Waals surface area contributed by atoms with Crippen molar-refractivity contribution in [3.8, 4) is 0 Å². The molecular formula is C22H40O6. The van der Waals surface area contributed by atoms with Crippen molar-refractivity contribution in [1.82, 2.24) is 0 Å². The molecule has 3 aliphatic rings. The molecule has 0 spiro atoms. The lowest BCUT2D eigenvalue weighted by molar-refractivity contribution is -0.227. The standard InChI is InChI=1S/C22H40O6/c1-3-7-20(8-4-1)22(21-9-5-2-6-10-21)17-24-13-16-26-18-25-14-11-23-12-15-27-19-28-22/h20-21H,1-19H2. The molecule has 0 aromatic carbocycles. The second kappa shape index (κ2) is 13.1. The SMILES string of the molecule is C1CCC(C2(C3CCCCC3)COCCOCOCCOCCOCO2)CC1. The van der Waals surface area contributed by atoms with Crippen LogP contribution in [0, 0.1) is 11.8 Å². The van der Waals surface area contributed by atoms with Crippen LogP contribution in [0.15, 0.2) is 0 Å². The van der Waals surface area contributed by atoms with Crippen LogP contribution < -0.4 is 0 Å². The lowest BCUT2D eigenvalue weighted by Gasteiger charge is -2.48. The molecule has 0 unspecified atom stereocenters. The highest BCUT2D eigenvalue weighted by molar-refractivity contribution is 4.96. The summed E-state index contributed by atoms with van der Waals surface area (Å²) in [6, 6.07) is 0. The Bertz CT molecular complexity index is 356. The average Bonchev–Trinajstić information content (AvgIpc) is 2.75. The van der Waals surface area contributed by atoms with Crippen LogP contribution in [0.5, 0.6) is 0 Å². The second-order valence-electron chi connectivity index (χ2n) is 8.39. The van der Waals surface area contributed by atoms with Crippen molar-refractivity contribution in [2.45, 2.75) is 69.8 Å². The van der Waals surface area contributed by atoms with Crippen LogP contribution in [0.4, 0.5) is 0 Å². The first-order valence-corrected chi connectivity index (χ1v) is 11.4. The van der Waals surface area contributed by atoms with E-state index in [4.69, 9.17) is 28.4 Å². The summed E-state index contributed by atoms with van der Waals surface area (Å²) in [6.45, 7) is 4.57. The van der Waals surface area contributed by atoms with E-state index in [0.717, 1.165) is 0 Å². The van der Waals surface area contributed by atoms with Gasteiger partial charge in [-0.2, -0.15) is 0 Å². The van der Waals surface area contributed by atoms with Crippen molar-refractivity contribution >= 4 is 0 Å². The summed E-state index contributed by atoms with van der Waals surface area (Å²) in [5, 5.41) is 0. The number of hydrogen-bond donors (Lipinski definition) is 0. The van der Waals surface area contributed by atoms with Gasteiger partial charge >= 0.3 is 0 Å². The quantitative estimate of drug-likeness (QED) is 0.700. The summed E-state index contributed by atoms with van der Waals surface area (Å²) < 4.78 is 35.1. The van der Waals surface area contributed by atoms with E-state index < -0.39 is 0 Å². The highest BCUT2D eigenvalue weighted by Crippen LogP contribution is 2.45. The Labute approximate surface area is 170 Å². The van der Waals surface area contributed by atoms with Gasteiger partial charge in [-0.25, -0.2) is 0 Å². The molecule has 0 N–H and O–H groups in total. The van der Waals surface area contributed by atoms with E-state index in [9.17, 15) is 0 Å². The van der Waals surface area contributed by atoms with Crippen molar-refractivity contribution in [2.75, 3.05) is 59.8 Å². The van der Waals surface area contributed by atoms with Crippen LogP contribution in [0.2, 0.25) is 0 Å². The van der Waals surface area contributed by atoms with Crippen LogP contribution >= 0.6 is 0 Å². The zero-order chi connectivity index (χ0) is 19.3. The molecular weight excluding hydrogens is 360 g/mol. The van der Waals surface area contributed by atoms with Gasteiger partial charge in [-0.05, 0) is 37.5 Å². The second-order valence-corrected chi connectivity index (χ2v) is 8.39. The van der Waals surface area contributed by atoms with Gasteiger partial charge in [-0.15, -0.1) is 0 Å². The normalized spacial score (nSPS) is 28.7. The Hall–Kier alpha value is -0.240. The third kappa shape index (κ3) is 6.92. The molecule has 6 nitrogen and oxygen atoms in total. The molecule has 3 rings (SSSR count). The maximum absolute atomic E-state index is 6.64. The molecule has 2 aliphatic carbocycles. The zero-order valence-corrected chi connectivity index (χ0v) is 17.5. The van der Waals surface area contributed by atoms with Gasteiger partial charge in [-0.1, -0.05) is 38.5 Å². The van der Waals surface area contributed by atoms with Crippen LogP contribution in [-0.4, -0.2) is 65.4 Å². The molecule has 1 heterocycles. The molecule has 1 aliphatic heterocycles. The Morgan fingerprint density at radius 2 is 0.929 bits per heavy atom. The van der Waals surface area contributed by atoms with Gasteiger partial charge in [0, 0.05) is 0 Å². The van der Waals surface area contributed by atoms with Crippen LogP contribution in [0.1, 0.15) is 64.2 Å². The Kier molecular flexibility index (Phi) is 10.5. The van der Waals surface area contributed by atoms with Gasteiger partial charge in [-0.3, -0.25) is 0 Å². The van der Waals surface area contributed by atoms with Gasteiger partial charge in [0.25, 0.3) is 0 Å². The molecule has 1 saturated heterocycles. The van der Waals surface area contributed by atoms with Crippen molar-refractivity contribution in [2.24, 2.45) is 11.8 Å². The Balaban J connectivity index is 1.67. The van der Waals surface area contributed by atoms with Crippen molar-refractivity contribution in [3.05, 3.63) is 0 Å². The first-order valence-electron chi connectivity index (χ1n) is 11.4. The first-order chi connectivity index (χ1) is 13.9. The Morgan fingerprint density at radius 1 is 0.464 bits per heavy atom. The predicted molar refractivity (Wildman–Crippen MR) is 106 cm³/mol. The monoisotopic (exact) mass is 400 g/mol. The third-order valence-electron chi connectivity index (χ3n) is 6.61. The van der Waals surface area contributed by atoms with E-state index in [1.54, 1.807) is 0 Å². The number of hydrogen-bond acceptors (Lipinski definition) is 6. The molecule has 164 valence electrons. The predicted octanol–water partition coefficient (Wildman–Crippen LogP) is 3.91. The summed E-state index contributed by atoms with van der Waals surface area (Å²) in [4.78, 5) is 0. The van der Waals surface area contributed by atoms with E-state index >= 15 is 0 Å². The van der Waals surface area contributed by atoms with E-state index in [1.807, 2.05) is 0 Å². The van der Waals surface area contributed by atoms with E-state index in [2.05, 4.69) is 0 Å². The molecule has 0 atom stereocenters. The largest absolute Gasteiger partial charge is 0.377 e. The van der Waals surface area contributed by atoms with Gasteiger partial charge in [0.05, 0.1) is 51.8 Å². The molecule has 0 radical (unpaired) electrons. The van der Waals surface area contributed by atoms with Crippen molar-refractivity contribution in [1.29, 1.82) is 0 Å². The molecule has 0 bridgehead atoms. The minimum atomic E-state index is -0.227. The van der Waals surface area contributed by atoms with Crippen molar-refractivity contribution < 1.29 is 28.4 Å². The topological polar surface area (TPSA) is 55.4 Å². The summed E-state index contributed by atoms with van der Waals surface area (Å²) in [5.74, 6) is 1.12.